The quantitative estimate of drug-likeness (QED) is 0.410. The van der Waals surface area contributed by atoms with Crippen LogP contribution in [-0.2, 0) is 4.79 Å². The van der Waals surface area contributed by atoms with Crippen molar-refractivity contribution in [3.63, 3.8) is 0 Å². The molecule has 96 valence electrons. The van der Waals surface area contributed by atoms with Crippen LogP contribution < -0.4 is 21.9 Å². The van der Waals surface area contributed by atoms with Crippen LogP contribution in [0.25, 0.3) is 0 Å². The number of hydrazine groups is 1. The highest BCUT2D eigenvalue weighted by Gasteiger charge is 2.23. The average Bonchev–Trinajstić information content (AvgIpc) is 3.19. The molecule has 0 unspecified atom stereocenters. The first-order valence-electron chi connectivity index (χ1n) is 5.70. The fraction of sp³-hybridized carbons (Fsp3) is 0.364. The summed E-state index contributed by atoms with van der Waals surface area (Å²) >= 11 is 0. The number of nitrogens with one attached hydrogen (secondary N) is 3. The van der Waals surface area contributed by atoms with Crippen molar-refractivity contribution in [2.75, 3.05) is 12.0 Å². The molecule has 0 aromatic carbocycles. The first kappa shape index (κ1) is 12.3. The Bertz CT molecular complexity index is 459. The molecule has 0 spiro atoms. The number of hydrogen-bond acceptors (Lipinski definition) is 5. The molecular formula is C11H15N5O2. The van der Waals surface area contributed by atoms with E-state index in [2.05, 4.69) is 21.0 Å². The minimum atomic E-state index is -0.387. The fourth-order valence-corrected chi connectivity index (χ4v) is 1.47. The second-order valence-corrected chi connectivity index (χ2v) is 4.07. The summed E-state index contributed by atoms with van der Waals surface area (Å²) in [5.41, 5.74) is 2.64. The predicted octanol–water partition coefficient (Wildman–Crippen LogP) is -0.624. The minimum Gasteiger partial charge on any atom is -0.352 e. The summed E-state index contributed by atoms with van der Waals surface area (Å²) in [6, 6.07) is 3.49. The summed E-state index contributed by atoms with van der Waals surface area (Å²) in [5.74, 6) is 4.95. The van der Waals surface area contributed by atoms with Crippen molar-refractivity contribution < 1.29 is 9.59 Å². The van der Waals surface area contributed by atoms with E-state index in [-0.39, 0.29) is 30.2 Å². The Morgan fingerprint density at radius 2 is 2.22 bits per heavy atom. The van der Waals surface area contributed by atoms with Crippen LogP contribution in [0, 0.1) is 0 Å². The topological polar surface area (TPSA) is 109 Å². The zero-order chi connectivity index (χ0) is 13.0. The Morgan fingerprint density at radius 1 is 1.44 bits per heavy atom. The van der Waals surface area contributed by atoms with E-state index in [0.29, 0.717) is 5.56 Å². The van der Waals surface area contributed by atoms with E-state index < -0.39 is 0 Å². The molecule has 0 radical (unpaired) electrons. The number of hydrogen-bond donors (Lipinski definition) is 4. The van der Waals surface area contributed by atoms with Crippen LogP contribution in [0.15, 0.2) is 18.3 Å². The summed E-state index contributed by atoms with van der Waals surface area (Å²) in [4.78, 5) is 27.1. The molecule has 1 aliphatic rings. The Hall–Kier alpha value is -2.15. The summed E-state index contributed by atoms with van der Waals surface area (Å²) in [6.07, 6.45) is 3.55. The molecule has 7 nitrogen and oxygen atoms in total. The number of nitrogens with two attached hydrogens (primary N) is 1. The molecule has 1 aromatic heterocycles. The third-order valence-electron chi connectivity index (χ3n) is 2.54. The number of amides is 2. The molecule has 18 heavy (non-hydrogen) atoms. The highest BCUT2D eigenvalue weighted by atomic mass is 16.2. The summed E-state index contributed by atoms with van der Waals surface area (Å²) in [5, 5.41) is 5.30. The first-order valence-corrected chi connectivity index (χ1v) is 5.70. The van der Waals surface area contributed by atoms with E-state index in [0.717, 1.165) is 12.8 Å². The van der Waals surface area contributed by atoms with Crippen molar-refractivity contribution >= 4 is 17.6 Å². The van der Waals surface area contributed by atoms with Gasteiger partial charge in [-0.15, -0.1) is 0 Å². The molecule has 2 rings (SSSR count). The Balaban J connectivity index is 1.88. The van der Waals surface area contributed by atoms with Crippen molar-refractivity contribution in [3.05, 3.63) is 23.9 Å². The summed E-state index contributed by atoms with van der Waals surface area (Å²) in [7, 11) is 0. The lowest BCUT2D eigenvalue weighted by molar-refractivity contribution is -0.120. The monoisotopic (exact) mass is 249 g/mol. The normalized spacial score (nSPS) is 13.8. The molecule has 1 fully saturated rings. The van der Waals surface area contributed by atoms with Gasteiger partial charge in [-0.3, -0.25) is 9.59 Å². The molecular weight excluding hydrogens is 234 g/mol. The maximum atomic E-state index is 11.8. The molecule has 0 bridgehead atoms. The second-order valence-electron chi connectivity index (χ2n) is 4.07. The van der Waals surface area contributed by atoms with Crippen molar-refractivity contribution in [1.82, 2.24) is 15.6 Å². The average molecular weight is 249 g/mol. The molecule has 1 saturated carbocycles. The molecule has 1 aromatic rings. The molecule has 2 amide bonds. The molecule has 0 aliphatic heterocycles. The van der Waals surface area contributed by atoms with Gasteiger partial charge >= 0.3 is 0 Å². The van der Waals surface area contributed by atoms with Crippen LogP contribution >= 0.6 is 0 Å². The van der Waals surface area contributed by atoms with E-state index in [4.69, 9.17) is 5.84 Å². The van der Waals surface area contributed by atoms with Gasteiger partial charge in [0.05, 0.1) is 12.1 Å². The molecule has 1 heterocycles. The maximum absolute atomic E-state index is 11.8. The standard InChI is InChI=1S/C11H15N5O2/c12-16-10-8(2-1-5-13-10)11(18)14-6-9(17)15-7-3-4-7/h1-2,5,7H,3-4,6,12H2,(H,13,16)(H,14,18)(H,15,17). The van der Waals surface area contributed by atoms with Crippen molar-refractivity contribution in [3.8, 4) is 0 Å². The van der Waals surface area contributed by atoms with E-state index in [1.807, 2.05) is 0 Å². The third-order valence-corrected chi connectivity index (χ3v) is 2.54. The van der Waals surface area contributed by atoms with Crippen molar-refractivity contribution in [1.29, 1.82) is 0 Å². The fourth-order valence-electron chi connectivity index (χ4n) is 1.47. The molecule has 0 saturated heterocycles. The third kappa shape index (κ3) is 3.17. The van der Waals surface area contributed by atoms with Gasteiger partial charge in [-0.05, 0) is 25.0 Å². The van der Waals surface area contributed by atoms with E-state index in [9.17, 15) is 9.59 Å². The van der Waals surface area contributed by atoms with Gasteiger partial charge in [0, 0.05) is 12.2 Å². The SMILES string of the molecule is NNc1ncccc1C(=O)NCC(=O)NC1CC1. The van der Waals surface area contributed by atoms with E-state index >= 15 is 0 Å². The molecule has 5 N–H and O–H groups in total. The molecule has 7 heteroatoms. The number of aromatic nitrogens is 1. The predicted molar refractivity (Wildman–Crippen MR) is 65.5 cm³/mol. The van der Waals surface area contributed by atoms with Gasteiger partial charge in [0.1, 0.15) is 0 Å². The van der Waals surface area contributed by atoms with Gasteiger partial charge in [-0.25, -0.2) is 10.8 Å². The molecule has 1 aliphatic carbocycles. The van der Waals surface area contributed by atoms with Gasteiger partial charge < -0.3 is 16.1 Å². The van der Waals surface area contributed by atoms with Gasteiger partial charge in [-0.1, -0.05) is 0 Å². The van der Waals surface area contributed by atoms with Crippen LogP contribution in [0.1, 0.15) is 23.2 Å². The van der Waals surface area contributed by atoms with Crippen molar-refractivity contribution in [2.24, 2.45) is 5.84 Å². The van der Waals surface area contributed by atoms with Crippen LogP contribution in [-0.4, -0.2) is 29.4 Å². The van der Waals surface area contributed by atoms with Crippen LogP contribution in [0.3, 0.4) is 0 Å². The lowest BCUT2D eigenvalue weighted by Crippen LogP contribution is -2.38. The first-order chi connectivity index (χ1) is 8.70. The summed E-state index contributed by atoms with van der Waals surface area (Å²) in [6.45, 7) is -0.0474. The number of nitrogens with zero attached hydrogens (tertiary/aromatic N) is 1. The van der Waals surface area contributed by atoms with E-state index in [1.54, 1.807) is 12.1 Å². The number of carbonyl (C=O) groups excluding carboxylic acids is 2. The smallest absolute Gasteiger partial charge is 0.255 e. The Kier molecular flexibility index (Phi) is 3.73. The Morgan fingerprint density at radius 3 is 2.89 bits per heavy atom. The number of rotatable bonds is 5. The zero-order valence-electron chi connectivity index (χ0n) is 9.77. The Labute approximate surface area is 104 Å². The molecule has 0 atom stereocenters. The minimum absolute atomic E-state index is 0.0474. The maximum Gasteiger partial charge on any atom is 0.255 e. The van der Waals surface area contributed by atoms with Crippen LogP contribution in [0.4, 0.5) is 5.82 Å². The number of anilines is 1. The van der Waals surface area contributed by atoms with Crippen molar-refractivity contribution in [2.45, 2.75) is 18.9 Å². The number of pyridine rings is 1. The number of nitrogen functional groups attached to an aromatic ring is 1. The van der Waals surface area contributed by atoms with E-state index in [1.165, 1.54) is 6.20 Å². The zero-order valence-corrected chi connectivity index (χ0v) is 9.77. The highest BCUT2D eigenvalue weighted by Crippen LogP contribution is 2.18. The largest absolute Gasteiger partial charge is 0.352 e. The lowest BCUT2D eigenvalue weighted by Gasteiger charge is -2.08. The van der Waals surface area contributed by atoms with Crippen LogP contribution in [0.5, 0.6) is 0 Å². The highest BCUT2D eigenvalue weighted by molar-refractivity contribution is 6.00. The second kappa shape index (κ2) is 5.46. The summed E-state index contributed by atoms with van der Waals surface area (Å²) < 4.78 is 0. The van der Waals surface area contributed by atoms with Gasteiger partial charge in [0.2, 0.25) is 5.91 Å². The van der Waals surface area contributed by atoms with Gasteiger partial charge in [0.15, 0.2) is 5.82 Å². The number of carbonyl (C=O) groups is 2. The lowest BCUT2D eigenvalue weighted by atomic mass is 10.2. The van der Waals surface area contributed by atoms with Gasteiger partial charge in [0.25, 0.3) is 5.91 Å². The van der Waals surface area contributed by atoms with Crippen LogP contribution in [0.2, 0.25) is 0 Å². The van der Waals surface area contributed by atoms with Gasteiger partial charge in [-0.2, -0.15) is 0 Å².